The summed E-state index contributed by atoms with van der Waals surface area (Å²) >= 11 is 0. The van der Waals surface area contributed by atoms with Crippen molar-refractivity contribution in [2.75, 3.05) is 33.3 Å². The smallest absolute Gasteiger partial charge is 0.233 e. The predicted octanol–water partition coefficient (Wildman–Crippen LogP) is 1.86. The first-order chi connectivity index (χ1) is 17.2. The van der Waals surface area contributed by atoms with Crippen LogP contribution < -0.4 is 25.7 Å². The molecule has 2 aromatic heterocycles. The highest BCUT2D eigenvalue weighted by Gasteiger charge is 2.33. The van der Waals surface area contributed by atoms with Crippen LogP contribution in [0.15, 0.2) is 30.5 Å². The number of pyridine rings is 1. The molecule has 2 aromatic rings. The zero-order valence-corrected chi connectivity index (χ0v) is 22.5. The summed E-state index contributed by atoms with van der Waals surface area (Å²) in [6.07, 6.45) is 2.68. The molecule has 2 aliphatic rings. The molecule has 2 fully saturated rings. The summed E-state index contributed by atoms with van der Waals surface area (Å²) in [7, 11) is 1.59. The number of hydrogen-bond acceptors (Lipinski definition) is 10. The maximum absolute atomic E-state index is 6.17. The SMILES string of the molecule is COc1ccc(OC2CN(C(C)C)CC2N)cn1.Cc1ccc(OC2CCN(C(C)C)CC2N)nn1. The molecule has 200 valence electrons. The van der Waals surface area contributed by atoms with E-state index in [-0.39, 0.29) is 24.3 Å². The van der Waals surface area contributed by atoms with E-state index in [4.69, 9.17) is 25.7 Å². The molecule has 4 N–H and O–H groups in total. The fraction of sp³-hybridized carbons (Fsp3) is 0.654. The van der Waals surface area contributed by atoms with Gasteiger partial charge in [0, 0.05) is 50.4 Å². The second kappa shape index (κ2) is 13.1. The van der Waals surface area contributed by atoms with Crippen LogP contribution in [0.5, 0.6) is 17.5 Å². The van der Waals surface area contributed by atoms with Crippen molar-refractivity contribution in [3.63, 3.8) is 0 Å². The molecule has 10 heteroatoms. The van der Waals surface area contributed by atoms with Crippen LogP contribution in [0, 0.1) is 6.92 Å². The lowest BCUT2D eigenvalue weighted by molar-refractivity contribution is 0.0618. The number of aryl methyl sites for hydroxylation is 1. The summed E-state index contributed by atoms with van der Waals surface area (Å²) in [6.45, 7) is 14.3. The normalized spacial score (nSPS) is 24.9. The minimum atomic E-state index is 0.0302. The van der Waals surface area contributed by atoms with E-state index in [0.717, 1.165) is 44.0 Å². The van der Waals surface area contributed by atoms with Gasteiger partial charge in [-0.1, -0.05) is 0 Å². The van der Waals surface area contributed by atoms with Gasteiger partial charge in [0.05, 0.1) is 31.1 Å². The van der Waals surface area contributed by atoms with Gasteiger partial charge in [-0.15, -0.1) is 5.10 Å². The Morgan fingerprint density at radius 2 is 1.50 bits per heavy atom. The molecule has 0 amide bonds. The van der Waals surface area contributed by atoms with E-state index in [9.17, 15) is 0 Å². The Hall–Kier alpha value is -2.53. The van der Waals surface area contributed by atoms with Crippen molar-refractivity contribution < 1.29 is 14.2 Å². The highest BCUT2D eigenvalue weighted by atomic mass is 16.5. The molecule has 0 spiro atoms. The number of methoxy groups -OCH3 is 1. The molecule has 0 aliphatic carbocycles. The predicted molar refractivity (Wildman–Crippen MR) is 140 cm³/mol. The summed E-state index contributed by atoms with van der Waals surface area (Å²) in [5, 5.41) is 8.01. The largest absolute Gasteiger partial charge is 0.486 e. The van der Waals surface area contributed by atoms with Gasteiger partial charge in [0.15, 0.2) is 0 Å². The molecule has 0 aromatic carbocycles. The lowest BCUT2D eigenvalue weighted by Gasteiger charge is -2.38. The van der Waals surface area contributed by atoms with E-state index in [1.165, 1.54) is 0 Å². The quantitative estimate of drug-likeness (QED) is 0.581. The van der Waals surface area contributed by atoms with Crippen LogP contribution in [0.25, 0.3) is 0 Å². The molecule has 2 aliphatic heterocycles. The second-order valence-corrected chi connectivity index (χ2v) is 10.1. The Bertz CT molecular complexity index is 911. The van der Waals surface area contributed by atoms with Crippen LogP contribution in [0.1, 0.15) is 39.8 Å². The lowest BCUT2D eigenvalue weighted by atomic mass is 10.0. The molecule has 4 unspecified atom stereocenters. The van der Waals surface area contributed by atoms with Crippen LogP contribution in [0.3, 0.4) is 0 Å². The molecule has 0 radical (unpaired) electrons. The fourth-order valence-corrected chi connectivity index (χ4v) is 4.31. The number of nitrogens with two attached hydrogens (primary N) is 2. The highest BCUT2D eigenvalue weighted by Crippen LogP contribution is 2.20. The van der Waals surface area contributed by atoms with E-state index in [1.807, 2.05) is 25.1 Å². The first kappa shape index (κ1) is 28.0. The number of aromatic nitrogens is 3. The van der Waals surface area contributed by atoms with Crippen LogP contribution >= 0.6 is 0 Å². The Balaban J connectivity index is 0.000000201. The highest BCUT2D eigenvalue weighted by molar-refractivity contribution is 5.23. The van der Waals surface area contributed by atoms with Gasteiger partial charge in [-0.2, -0.15) is 5.10 Å². The van der Waals surface area contributed by atoms with Gasteiger partial charge in [0.2, 0.25) is 11.8 Å². The van der Waals surface area contributed by atoms with E-state index in [0.29, 0.717) is 23.8 Å². The Kier molecular flexibility index (Phi) is 10.2. The van der Waals surface area contributed by atoms with Crippen molar-refractivity contribution >= 4 is 0 Å². The maximum atomic E-state index is 6.17. The van der Waals surface area contributed by atoms with Crippen molar-refractivity contribution in [2.45, 2.75) is 77.4 Å². The van der Waals surface area contributed by atoms with Crippen molar-refractivity contribution in [1.29, 1.82) is 0 Å². The summed E-state index contributed by atoms with van der Waals surface area (Å²) in [4.78, 5) is 8.82. The van der Waals surface area contributed by atoms with Gasteiger partial charge in [0.25, 0.3) is 0 Å². The zero-order chi connectivity index (χ0) is 26.2. The molecular weight excluding hydrogens is 458 g/mol. The summed E-state index contributed by atoms with van der Waals surface area (Å²) in [5.41, 5.74) is 13.2. The van der Waals surface area contributed by atoms with Gasteiger partial charge in [-0.05, 0) is 53.2 Å². The van der Waals surface area contributed by atoms with Gasteiger partial charge >= 0.3 is 0 Å². The van der Waals surface area contributed by atoms with Gasteiger partial charge in [-0.25, -0.2) is 4.98 Å². The van der Waals surface area contributed by atoms with Crippen LogP contribution in [-0.4, -0.2) is 94.6 Å². The van der Waals surface area contributed by atoms with Gasteiger partial charge < -0.3 is 25.7 Å². The van der Waals surface area contributed by atoms with Gasteiger partial charge in [-0.3, -0.25) is 9.80 Å². The maximum Gasteiger partial charge on any atom is 0.233 e. The molecule has 2 saturated heterocycles. The molecular formula is C26H43N7O3. The second-order valence-electron chi connectivity index (χ2n) is 10.1. The topological polar surface area (TPSA) is 125 Å². The summed E-state index contributed by atoms with van der Waals surface area (Å²) < 4.78 is 16.7. The minimum Gasteiger partial charge on any atom is -0.486 e. The van der Waals surface area contributed by atoms with Crippen molar-refractivity contribution in [1.82, 2.24) is 25.0 Å². The van der Waals surface area contributed by atoms with Crippen LogP contribution in [-0.2, 0) is 0 Å². The monoisotopic (exact) mass is 501 g/mol. The number of likely N-dealkylation sites (tertiary alicyclic amines) is 2. The average molecular weight is 502 g/mol. The summed E-state index contributed by atoms with van der Waals surface area (Å²) in [6, 6.07) is 8.52. The molecule has 36 heavy (non-hydrogen) atoms. The zero-order valence-electron chi connectivity index (χ0n) is 22.5. The molecule has 10 nitrogen and oxygen atoms in total. The standard InChI is InChI=1S/C13H22N4O.C13H21N3O2/c1-9(2)17-7-6-12(11(14)8-17)18-13-5-4-10(3)15-16-13;1-9(2)16-7-11(14)12(8-16)18-10-4-5-13(17-3)15-6-10/h4-5,9,11-12H,6-8,14H2,1-3H3;4-6,9,11-12H,7-8,14H2,1-3H3. The minimum absolute atomic E-state index is 0.0302. The number of piperidine rings is 1. The number of ether oxygens (including phenoxy) is 3. The lowest BCUT2D eigenvalue weighted by Crippen LogP contribution is -2.55. The third-order valence-corrected chi connectivity index (χ3v) is 6.67. The van der Waals surface area contributed by atoms with E-state index in [1.54, 1.807) is 19.4 Å². The fourth-order valence-electron chi connectivity index (χ4n) is 4.31. The Labute approximate surface area is 215 Å². The van der Waals surface area contributed by atoms with Crippen molar-refractivity contribution in [3.05, 3.63) is 36.2 Å². The van der Waals surface area contributed by atoms with Gasteiger partial charge in [0.1, 0.15) is 18.0 Å². The van der Waals surface area contributed by atoms with E-state index >= 15 is 0 Å². The average Bonchev–Trinajstić information content (AvgIpc) is 3.23. The molecule has 4 heterocycles. The first-order valence-electron chi connectivity index (χ1n) is 12.8. The number of rotatable bonds is 7. The van der Waals surface area contributed by atoms with Crippen molar-refractivity contribution in [3.8, 4) is 17.5 Å². The van der Waals surface area contributed by atoms with E-state index < -0.39 is 0 Å². The molecule has 0 bridgehead atoms. The molecule has 4 rings (SSSR count). The number of nitrogens with zero attached hydrogens (tertiary/aromatic N) is 5. The number of hydrogen-bond donors (Lipinski definition) is 2. The molecule has 4 atom stereocenters. The van der Waals surface area contributed by atoms with E-state index in [2.05, 4.69) is 52.7 Å². The summed E-state index contributed by atoms with van der Waals surface area (Å²) in [5.74, 6) is 1.89. The van der Waals surface area contributed by atoms with Crippen molar-refractivity contribution in [2.24, 2.45) is 11.5 Å². The molecule has 0 saturated carbocycles. The Morgan fingerprint density at radius 3 is 2.03 bits per heavy atom. The Morgan fingerprint density at radius 1 is 0.833 bits per heavy atom. The first-order valence-corrected chi connectivity index (χ1v) is 12.8. The third-order valence-electron chi connectivity index (χ3n) is 6.67. The third kappa shape index (κ3) is 7.99. The van der Waals surface area contributed by atoms with Crippen LogP contribution in [0.4, 0.5) is 0 Å². The van der Waals surface area contributed by atoms with Crippen LogP contribution in [0.2, 0.25) is 0 Å².